The molecule has 1 aliphatic carbocycles. The molecular formula is C9H14N4. The number of aryl methyl sites for hydroxylation is 1. The molecule has 1 aliphatic rings. The summed E-state index contributed by atoms with van der Waals surface area (Å²) in [5.74, 6) is 1.37. The number of aromatic nitrogens is 2. The fraction of sp³-hybridized carbons (Fsp3) is 0.556. The van der Waals surface area contributed by atoms with Gasteiger partial charge in [0.1, 0.15) is 0 Å². The maximum atomic E-state index is 5.77. The van der Waals surface area contributed by atoms with Crippen LogP contribution < -0.4 is 5.73 Å². The first kappa shape index (κ1) is 8.29. The van der Waals surface area contributed by atoms with E-state index in [-0.39, 0.29) is 0 Å². The van der Waals surface area contributed by atoms with Gasteiger partial charge in [-0.05, 0) is 19.8 Å². The van der Waals surface area contributed by atoms with Gasteiger partial charge in [0.2, 0.25) is 0 Å². The van der Waals surface area contributed by atoms with Crippen molar-refractivity contribution in [2.75, 3.05) is 0 Å². The number of nitrogens with two attached hydrogens (primary N) is 1. The van der Waals surface area contributed by atoms with Crippen molar-refractivity contribution >= 4 is 5.84 Å². The number of nitrogens with one attached hydrogen (secondary N) is 1. The van der Waals surface area contributed by atoms with Gasteiger partial charge in [0.15, 0.2) is 0 Å². The minimum absolute atomic E-state index is 0.562. The Morgan fingerprint density at radius 1 is 1.77 bits per heavy atom. The second kappa shape index (κ2) is 3.20. The summed E-state index contributed by atoms with van der Waals surface area (Å²) in [6.45, 7) is 2.65. The molecule has 1 aromatic rings. The van der Waals surface area contributed by atoms with E-state index >= 15 is 0 Å². The Labute approximate surface area is 77.2 Å². The molecule has 1 saturated carbocycles. The predicted molar refractivity (Wildman–Crippen MR) is 51.4 cm³/mol. The Morgan fingerprint density at radius 2 is 2.54 bits per heavy atom. The average Bonchev–Trinajstić information content (AvgIpc) is 2.88. The SMILES string of the molecule is Cc1[nH]ncc1CN=C(N)C1CC1. The van der Waals surface area contributed by atoms with E-state index in [2.05, 4.69) is 15.2 Å². The van der Waals surface area contributed by atoms with E-state index in [1.165, 1.54) is 12.8 Å². The first-order valence-electron chi connectivity index (χ1n) is 4.56. The van der Waals surface area contributed by atoms with Crippen LogP contribution in [0.2, 0.25) is 0 Å². The van der Waals surface area contributed by atoms with Gasteiger partial charge in [-0.2, -0.15) is 5.10 Å². The fourth-order valence-corrected chi connectivity index (χ4v) is 1.22. The molecule has 1 heterocycles. The van der Waals surface area contributed by atoms with E-state index in [0.717, 1.165) is 17.1 Å². The van der Waals surface area contributed by atoms with Gasteiger partial charge in [-0.3, -0.25) is 10.1 Å². The van der Waals surface area contributed by atoms with Crippen molar-refractivity contribution in [3.05, 3.63) is 17.5 Å². The lowest BCUT2D eigenvalue weighted by Gasteiger charge is -1.96. The quantitative estimate of drug-likeness (QED) is 0.535. The van der Waals surface area contributed by atoms with E-state index < -0.39 is 0 Å². The van der Waals surface area contributed by atoms with Crippen molar-refractivity contribution in [2.45, 2.75) is 26.3 Å². The van der Waals surface area contributed by atoms with Crippen molar-refractivity contribution in [2.24, 2.45) is 16.6 Å². The van der Waals surface area contributed by atoms with Crippen molar-refractivity contribution in [1.29, 1.82) is 0 Å². The second-order valence-electron chi connectivity index (χ2n) is 3.54. The third kappa shape index (κ3) is 1.88. The highest BCUT2D eigenvalue weighted by atomic mass is 15.1. The minimum Gasteiger partial charge on any atom is -0.387 e. The van der Waals surface area contributed by atoms with Crippen LogP contribution >= 0.6 is 0 Å². The standard InChI is InChI=1S/C9H14N4/c1-6-8(5-12-13-6)4-11-9(10)7-2-3-7/h5,7H,2-4H2,1H3,(H2,10,11)(H,12,13). The highest BCUT2D eigenvalue weighted by Crippen LogP contribution is 2.28. The molecule has 2 rings (SSSR count). The third-order valence-corrected chi connectivity index (χ3v) is 2.36. The van der Waals surface area contributed by atoms with Crippen molar-refractivity contribution in [3.63, 3.8) is 0 Å². The Balaban J connectivity index is 1.98. The summed E-state index contributed by atoms with van der Waals surface area (Å²) in [7, 11) is 0. The molecule has 13 heavy (non-hydrogen) atoms. The molecule has 0 aliphatic heterocycles. The molecule has 0 unspecified atom stereocenters. The first-order chi connectivity index (χ1) is 6.27. The monoisotopic (exact) mass is 178 g/mol. The fourth-order valence-electron chi connectivity index (χ4n) is 1.22. The van der Waals surface area contributed by atoms with E-state index in [0.29, 0.717) is 12.5 Å². The molecule has 1 fully saturated rings. The van der Waals surface area contributed by atoms with E-state index in [1.54, 1.807) is 6.20 Å². The molecule has 0 bridgehead atoms. The smallest absolute Gasteiger partial charge is 0.0972 e. The molecule has 0 saturated heterocycles. The highest BCUT2D eigenvalue weighted by Gasteiger charge is 2.25. The lowest BCUT2D eigenvalue weighted by atomic mass is 10.3. The second-order valence-corrected chi connectivity index (χ2v) is 3.54. The van der Waals surface area contributed by atoms with E-state index in [1.807, 2.05) is 6.92 Å². The van der Waals surface area contributed by atoms with E-state index in [9.17, 15) is 0 Å². The molecule has 0 aromatic carbocycles. The first-order valence-corrected chi connectivity index (χ1v) is 4.56. The van der Waals surface area contributed by atoms with Crippen molar-refractivity contribution in [3.8, 4) is 0 Å². The van der Waals surface area contributed by atoms with Crippen molar-refractivity contribution < 1.29 is 0 Å². The molecule has 0 atom stereocenters. The van der Waals surface area contributed by atoms with Gasteiger partial charge in [0.05, 0.1) is 18.6 Å². The number of hydrogen-bond donors (Lipinski definition) is 2. The zero-order valence-corrected chi connectivity index (χ0v) is 7.75. The summed E-state index contributed by atoms with van der Waals surface area (Å²) in [4.78, 5) is 4.32. The summed E-state index contributed by atoms with van der Waals surface area (Å²) >= 11 is 0. The van der Waals surface area contributed by atoms with Crippen LogP contribution in [0, 0.1) is 12.8 Å². The number of amidine groups is 1. The molecule has 4 nitrogen and oxygen atoms in total. The van der Waals surface area contributed by atoms with Gasteiger partial charge in [0.25, 0.3) is 0 Å². The molecule has 1 aromatic heterocycles. The van der Waals surface area contributed by atoms with Gasteiger partial charge in [0, 0.05) is 17.2 Å². The molecule has 0 radical (unpaired) electrons. The molecular weight excluding hydrogens is 164 g/mol. The molecule has 3 N–H and O–H groups in total. The van der Waals surface area contributed by atoms with Crippen LogP contribution in [0.3, 0.4) is 0 Å². The Morgan fingerprint density at radius 3 is 3.08 bits per heavy atom. The third-order valence-electron chi connectivity index (χ3n) is 2.36. The molecule has 4 heteroatoms. The number of rotatable bonds is 3. The zero-order valence-electron chi connectivity index (χ0n) is 7.75. The number of aromatic amines is 1. The Bertz CT molecular complexity index is 322. The largest absolute Gasteiger partial charge is 0.387 e. The predicted octanol–water partition coefficient (Wildman–Crippen LogP) is 0.985. The van der Waals surface area contributed by atoms with Gasteiger partial charge in [-0.1, -0.05) is 0 Å². The van der Waals surface area contributed by atoms with Gasteiger partial charge in [-0.25, -0.2) is 0 Å². The number of H-pyrrole nitrogens is 1. The summed E-state index contributed by atoms with van der Waals surface area (Å²) in [5.41, 5.74) is 7.97. The average molecular weight is 178 g/mol. The highest BCUT2D eigenvalue weighted by molar-refractivity contribution is 5.84. The Hall–Kier alpha value is -1.32. The summed E-state index contributed by atoms with van der Waals surface area (Å²) in [6.07, 6.45) is 4.22. The van der Waals surface area contributed by atoms with Gasteiger partial charge in [-0.15, -0.1) is 0 Å². The van der Waals surface area contributed by atoms with Gasteiger partial charge < -0.3 is 5.73 Å². The number of hydrogen-bond acceptors (Lipinski definition) is 2. The summed E-state index contributed by atoms with van der Waals surface area (Å²) in [6, 6.07) is 0. The molecule has 0 spiro atoms. The summed E-state index contributed by atoms with van der Waals surface area (Å²) in [5, 5.41) is 6.80. The number of nitrogens with zero attached hydrogens (tertiary/aromatic N) is 2. The van der Waals surface area contributed by atoms with Crippen LogP contribution in [-0.2, 0) is 6.54 Å². The van der Waals surface area contributed by atoms with Crippen LogP contribution in [-0.4, -0.2) is 16.0 Å². The summed E-state index contributed by atoms with van der Waals surface area (Å²) < 4.78 is 0. The van der Waals surface area contributed by atoms with Gasteiger partial charge >= 0.3 is 0 Å². The van der Waals surface area contributed by atoms with Crippen LogP contribution in [0.1, 0.15) is 24.1 Å². The van der Waals surface area contributed by atoms with Crippen LogP contribution in [0.5, 0.6) is 0 Å². The van der Waals surface area contributed by atoms with Crippen molar-refractivity contribution in [1.82, 2.24) is 10.2 Å². The normalized spacial score (nSPS) is 17.8. The Kier molecular flexibility index (Phi) is 2.04. The lowest BCUT2D eigenvalue weighted by molar-refractivity contribution is 0.999. The topological polar surface area (TPSA) is 67.1 Å². The maximum absolute atomic E-state index is 5.77. The van der Waals surface area contributed by atoms with E-state index in [4.69, 9.17) is 5.73 Å². The zero-order chi connectivity index (χ0) is 9.26. The minimum atomic E-state index is 0.562. The molecule has 70 valence electrons. The van der Waals surface area contributed by atoms with Crippen LogP contribution in [0.15, 0.2) is 11.2 Å². The maximum Gasteiger partial charge on any atom is 0.0972 e. The number of aliphatic imine (C=N–C) groups is 1. The van der Waals surface area contributed by atoms with Crippen LogP contribution in [0.25, 0.3) is 0 Å². The van der Waals surface area contributed by atoms with Crippen LogP contribution in [0.4, 0.5) is 0 Å². The lowest BCUT2D eigenvalue weighted by Crippen LogP contribution is -2.14. The molecule has 0 amide bonds.